The molecule has 4 N–H and O–H groups in total. The number of nitrogens with zero attached hydrogens (tertiary/aromatic N) is 1. The molecule has 1 heterocycles. The van der Waals surface area contributed by atoms with Gasteiger partial charge in [-0.3, -0.25) is 4.79 Å². The molecule has 0 aromatic carbocycles. The smallest absolute Gasteiger partial charge is 0.408 e. The van der Waals surface area contributed by atoms with Crippen molar-refractivity contribution in [1.29, 1.82) is 0 Å². The molecule has 1 amide bonds. The molecule has 1 aromatic heterocycles. The highest BCUT2D eigenvalue weighted by Crippen LogP contribution is 2.06. The van der Waals surface area contributed by atoms with E-state index < -0.39 is 11.7 Å². The molecule has 100 valence electrons. The summed E-state index contributed by atoms with van der Waals surface area (Å²) in [5, 5.41) is 2.50. The summed E-state index contributed by atoms with van der Waals surface area (Å²) in [5.74, 6) is 0.350. The Hall–Kier alpha value is -1.89. The van der Waals surface area contributed by atoms with Crippen LogP contribution in [0.4, 0.5) is 4.79 Å². The predicted molar refractivity (Wildman–Crippen MR) is 65.8 cm³/mol. The van der Waals surface area contributed by atoms with Gasteiger partial charge in [0, 0.05) is 18.3 Å². The highest BCUT2D eigenvalue weighted by atomic mass is 16.6. The van der Waals surface area contributed by atoms with E-state index >= 15 is 0 Å². The van der Waals surface area contributed by atoms with Crippen molar-refractivity contribution in [3.05, 3.63) is 27.9 Å². The summed E-state index contributed by atoms with van der Waals surface area (Å²) >= 11 is 0. The van der Waals surface area contributed by atoms with Crippen LogP contribution < -0.4 is 16.6 Å². The van der Waals surface area contributed by atoms with Crippen LogP contribution in [0.5, 0.6) is 0 Å². The number of aromatic amines is 1. The maximum Gasteiger partial charge on any atom is 0.408 e. The molecular weight excluding hydrogens is 236 g/mol. The molecule has 0 radical (unpaired) electrons. The zero-order valence-electron chi connectivity index (χ0n) is 10.7. The number of ether oxygens (including phenoxy) is 1. The number of hydrogen-bond acceptors (Lipinski definition) is 5. The van der Waals surface area contributed by atoms with E-state index in [4.69, 9.17) is 10.5 Å². The number of aromatic nitrogens is 2. The van der Waals surface area contributed by atoms with Crippen molar-refractivity contribution in [1.82, 2.24) is 15.3 Å². The lowest BCUT2D eigenvalue weighted by Gasteiger charge is -2.19. The Kier molecular flexibility index (Phi) is 4.43. The van der Waals surface area contributed by atoms with Gasteiger partial charge in [0.2, 0.25) is 0 Å². The average molecular weight is 254 g/mol. The van der Waals surface area contributed by atoms with Crippen LogP contribution in [-0.2, 0) is 17.8 Å². The minimum Gasteiger partial charge on any atom is -0.444 e. The Morgan fingerprint density at radius 2 is 2.22 bits per heavy atom. The molecule has 0 saturated heterocycles. The maximum absolute atomic E-state index is 11.4. The largest absolute Gasteiger partial charge is 0.444 e. The first-order chi connectivity index (χ1) is 8.31. The molecule has 0 saturated carbocycles. The molecule has 7 heteroatoms. The molecule has 0 aliphatic rings. The first-order valence-corrected chi connectivity index (χ1v) is 5.56. The van der Waals surface area contributed by atoms with Crippen molar-refractivity contribution in [3.63, 3.8) is 0 Å². The minimum absolute atomic E-state index is 0.0923. The molecular formula is C11H18N4O3. The molecule has 0 atom stereocenters. The van der Waals surface area contributed by atoms with Crippen LogP contribution >= 0.6 is 0 Å². The summed E-state index contributed by atoms with van der Waals surface area (Å²) < 4.78 is 5.04. The van der Waals surface area contributed by atoms with E-state index in [1.54, 1.807) is 20.8 Å². The maximum atomic E-state index is 11.4. The summed E-state index contributed by atoms with van der Waals surface area (Å²) in [4.78, 5) is 29.3. The lowest BCUT2D eigenvalue weighted by molar-refractivity contribution is 0.0522. The van der Waals surface area contributed by atoms with Crippen LogP contribution in [0.2, 0.25) is 0 Å². The van der Waals surface area contributed by atoms with E-state index in [0.717, 1.165) is 0 Å². The second-order valence-electron chi connectivity index (χ2n) is 4.74. The standard InChI is InChI=1S/C11H18N4O3/c1-11(2,3)18-10(17)14-6-8-13-5-7(4-12)9(16)15-8/h5H,4,6,12H2,1-3H3,(H,14,17)(H,13,15,16). The van der Waals surface area contributed by atoms with Crippen LogP contribution in [0.15, 0.2) is 11.0 Å². The summed E-state index contributed by atoms with van der Waals surface area (Å²) in [6.07, 6.45) is 0.832. The molecule has 0 unspecified atom stereocenters. The van der Waals surface area contributed by atoms with Gasteiger partial charge in [0.25, 0.3) is 5.56 Å². The first kappa shape index (κ1) is 14.2. The molecule has 18 heavy (non-hydrogen) atoms. The summed E-state index contributed by atoms with van der Waals surface area (Å²) in [6.45, 7) is 5.52. The van der Waals surface area contributed by atoms with E-state index in [1.807, 2.05) is 0 Å². The second kappa shape index (κ2) is 5.63. The summed E-state index contributed by atoms with van der Waals surface area (Å²) in [6, 6.07) is 0. The van der Waals surface area contributed by atoms with Gasteiger partial charge in [-0.15, -0.1) is 0 Å². The molecule has 0 aliphatic carbocycles. The van der Waals surface area contributed by atoms with Crippen LogP contribution in [0, 0.1) is 0 Å². The normalized spacial score (nSPS) is 11.1. The zero-order chi connectivity index (χ0) is 13.8. The van der Waals surface area contributed by atoms with Crippen molar-refractivity contribution >= 4 is 6.09 Å². The Labute approximate surface area is 105 Å². The Bertz CT molecular complexity index is 476. The van der Waals surface area contributed by atoms with Crippen LogP contribution in [0.3, 0.4) is 0 Å². The summed E-state index contributed by atoms with van der Waals surface area (Å²) in [7, 11) is 0. The van der Waals surface area contributed by atoms with Gasteiger partial charge in [-0.1, -0.05) is 0 Å². The highest BCUT2D eigenvalue weighted by Gasteiger charge is 2.15. The van der Waals surface area contributed by atoms with Gasteiger partial charge in [0.05, 0.1) is 6.54 Å². The van der Waals surface area contributed by atoms with E-state index in [1.165, 1.54) is 6.20 Å². The lowest BCUT2D eigenvalue weighted by atomic mass is 10.2. The number of alkyl carbamates (subject to hydrolysis) is 1. The second-order valence-corrected chi connectivity index (χ2v) is 4.74. The van der Waals surface area contributed by atoms with E-state index in [2.05, 4.69) is 15.3 Å². The molecule has 0 fully saturated rings. The molecule has 0 spiro atoms. The number of amides is 1. The van der Waals surface area contributed by atoms with Crippen molar-refractivity contribution in [2.75, 3.05) is 0 Å². The predicted octanol–water partition coefficient (Wildman–Crippen LogP) is 0.253. The Morgan fingerprint density at radius 1 is 1.56 bits per heavy atom. The monoisotopic (exact) mass is 254 g/mol. The van der Waals surface area contributed by atoms with Gasteiger partial charge >= 0.3 is 6.09 Å². The lowest BCUT2D eigenvalue weighted by Crippen LogP contribution is -2.33. The average Bonchev–Trinajstić information content (AvgIpc) is 2.24. The third kappa shape index (κ3) is 4.54. The third-order valence-corrected chi connectivity index (χ3v) is 1.94. The molecule has 0 bridgehead atoms. The van der Waals surface area contributed by atoms with Gasteiger partial charge in [0.1, 0.15) is 11.4 Å². The van der Waals surface area contributed by atoms with E-state index in [0.29, 0.717) is 11.4 Å². The number of nitrogens with two attached hydrogens (primary N) is 1. The van der Waals surface area contributed by atoms with Crippen molar-refractivity contribution in [3.8, 4) is 0 Å². The van der Waals surface area contributed by atoms with Gasteiger partial charge in [-0.2, -0.15) is 0 Å². The van der Waals surface area contributed by atoms with Crippen molar-refractivity contribution < 1.29 is 9.53 Å². The topological polar surface area (TPSA) is 110 Å². The molecule has 1 rings (SSSR count). The Balaban J connectivity index is 2.57. The number of carbonyl (C=O) groups excluding carboxylic acids is 1. The van der Waals surface area contributed by atoms with Crippen LogP contribution in [-0.4, -0.2) is 21.7 Å². The third-order valence-electron chi connectivity index (χ3n) is 1.94. The SMILES string of the molecule is CC(C)(C)OC(=O)NCc1ncc(CN)c(=O)[nH]1. The number of hydrogen-bond donors (Lipinski definition) is 3. The van der Waals surface area contributed by atoms with Gasteiger partial charge in [0.15, 0.2) is 0 Å². The molecule has 1 aromatic rings. The fourth-order valence-corrected chi connectivity index (χ4v) is 1.16. The number of nitrogens with one attached hydrogen (secondary N) is 2. The molecule has 7 nitrogen and oxygen atoms in total. The zero-order valence-corrected chi connectivity index (χ0v) is 10.7. The number of carbonyl (C=O) groups is 1. The van der Waals surface area contributed by atoms with Gasteiger partial charge in [-0.05, 0) is 20.8 Å². The van der Waals surface area contributed by atoms with Crippen molar-refractivity contribution in [2.45, 2.75) is 39.5 Å². The fourth-order valence-electron chi connectivity index (χ4n) is 1.16. The fraction of sp³-hybridized carbons (Fsp3) is 0.545. The quantitative estimate of drug-likeness (QED) is 0.716. The van der Waals surface area contributed by atoms with E-state index in [9.17, 15) is 9.59 Å². The van der Waals surface area contributed by atoms with E-state index in [-0.39, 0.29) is 18.6 Å². The van der Waals surface area contributed by atoms with Crippen LogP contribution in [0.1, 0.15) is 32.2 Å². The van der Waals surface area contributed by atoms with Gasteiger partial charge < -0.3 is 20.8 Å². The number of rotatable bonds is 3. The molecule has 0 aliphatic heterocycles. The minimum atomic E-state index is -0.562. The summed E-state index contributed by atoms with van der Waals surface area (Å²) in [5.41, 5.74) is 4.88. The van der Waals surface area contributed by atoms with Gasteiger partial charge in [-0.25, -0.2) is 9.78 Å². The Morgan fingerprint density at radius 3 is 2.72 bits per heavy atom. The van der Waals surface area contributed by atoms with Crippen LogP contribution in [0.25, 0.3) is 0 Å². The highest BCUT2D eigenvalue weighted by molar-refractivity contribution is 5.67. The van der Waals surface area contributed by atoms with Crippen molar-refractivity contribution in [2.24, 2.45) is 5.73 Å². The first-order valence-electron chi connectivity index (χ1n) is 5.56. The number of H-pyrrole nitrogens is 1.